The largest absolute Gasteiger partial charge is 0.491 e. The standard InChI is InChI=1S/C34H47Cl2N3O6S/c1-3-4-22-44-23-24-45-29-7-9-30(10-8-29)46(42,43)31-14-18-37(19-15-31)16-5-17-39(28-6-11-32(35)33(36)25-28)34(41)27-12-20-38(21-13-27)26(2)40/h6-11,25,27,31H,3-5,12-24H2,1-2H3. The normalized spacial score (nSPS) is 16.8. The van der Waals surface area contributed by atoms with Crippen LogP contribution in [0.2, 0.25) is 10.0 Å². The van der Waals surface area contributed by atoms with Crippen LogP contribution in [0.25, 0.3) is 0 Å². The number of rotatable bonds is 15. The molecule has 12 heteroatoms. The van der Waals surface area contributed by atoms with E-state index in [0.717, 1.165) is 32.4 Å². The fourth-order valence-electron chi connectivity index (χ4n) is 6.06. The van der Waals surface area contributed by atoms with Gasteiger partial charge in [-0.2, -0.15) is 0 Å². The van der Waals surface area contributed by atoms with Crippen molar-refractivity contribution in [1.29, 1.82) is 0 Å². The van der Waals surface area contributed by atoms with Gasteiger partial charge in [-0.3, -0.25) is 9.59 Å². The molecule has 2 aromatic rings. The molecule has 0 atom stereocenters. The number of sulfone groups is 1. The topological polar surface area (TPSA) is 96.5 Å². The molecular weight excluding hydrogens is 649 g/mol. The van der Waals surface area contributed by atoms with E-state index in [4.69, 9.17) is 32.7 Å². The van der Waals surface area contributed by atoms with Crippen molar-refractivity contribution in [3.63, 3.8) is 0 Å². The summed E-state index contributed by atoms with van der Waals surface area (Å²) in [6, 6.07) is 11.9. The maximum absolute atomic E-state index is 13.7. The molecule has 0 spiro atoms. The molecule has 0 bridgehead atoms. The lowest BCUT2D eigenvalue weighted by molar-refractivity contribution is -0.133. The highest BCUT2D eigenvalue weighted by Crippen LogP contribution is 2.31. The number of ether oxygens (including phenoxy) is 2. The van der Waals surface area contributed by atoms with Crippen LogP contribution in [0.15, 0.2) is 47.4 Å². The molecule has 0 aromatic heterocycles. The van der Waals surface area contributed by atoms with Gasteiger partial charge in [0.2, 0.25) is 11.8 Å². The number of benzene rings is 2. The van der Waals surface area contributed by atoms with Gasteiger partial charge in [0.05, 0.1) is 26.8 Å². The molecule has 2 aliphatic heterocycles. The molecule has 0 saturated carbocycles. The van der Waals surface area contributed by atoms with Gasteiger partial charge in [-0.15, -0.1) is 0 Å². The second-order valence-electron chi connectivity index (χ2n) is 12.1. The van der Waals surface area contributed by atoms with Crippen LogP contribution in [0.3, 0.4) is 0 Å². The Hall–Kier alpha value is -2.37. The summed E-state index contributed by atoms with van der Waals surface area (Å²) in [6.45, 7) is 9.06. The third-order valence-corrected chi connectivity index (χ3v) is 11.9. The monoisotopic (exact) mass is 695 g/mol. The first kappa shape index (κ1) is 36.5. The number of nitrogens with zero attached hydrogens (tertiary/aromatic N) is 3. The number of halogens is 2. The molecule has 2 aliphatic rings. The van der Waals surface area contributed by atoms with E-state index < -0.39 is 15.1 Å². The average molecular weight is 697 g/mol. The van der Waals surface area contributed by atoms with Crippen LogP contribution in [0.4, 0.5) is 5.69 Å². The van der Waals surface area contributed by atoms with Crippen LogP contribution in [0, 0.1) is 5.92 Å². The Bertz CT molecular complexity index is 1390. The number of likely N-dealkylation sites (tertiary alicyclic amines) is 2. The summed E-state index contributed by atoms with van der Waals surface area (Å²) in [5.41, 5.74) is 0.704. The molecule has 0 unspecified atom stereocenters. The first-order chi connectivity index (χ1) is 22.1. The summed E-state index contributed by atoms with van der Waals surface area (Å²) in [7, 11) is -3.46. The summed E-state index contributed by atoms with van der Waals surface area (Å²) in [5, 5.41) is 0.386. The van der Waals surface area contributed by atoms with Crippen molar-refractivity contribution in [3.05, 3.63) is 52.5 Å². The number of carbonyl (C=O) groups is 2. The molecule has 2 aromatic carbocycles. The van der Waals surface area contributed by atoms with Crippen molar-refractivity contribution in [3.8, 4) is 5.75 Å². The Labute approximate surface area is 284 Å². The van der Waals surface area contributed by atoms with Crippen molar-refractivity contribution in [1.82, 2.24) is 9.80 Å². The van der Waals surface area contributed by atoms with Gasteiger partial charge < -0.3 is 24.2 Å². The maximum Gasteiger partial charge on any atom is 0.230 e. The van der Waals surface area contributed by atoms with Crippen LogP contribution in [-0.2, 0) is 24.2 Å². The average Bonchev–Trinajstić information content (AvgIpc) is 3.06. The zero-order valence-electron chi connectivity index (χ0n) is 27.0. The fraction of sp³-hybridized carbons (Fsp3) is 0.588. The fourth-order valence-corrected chi connectivity index (χ4v) is 8.09. The Morgan fingerprint density at radius 3 is 2.22 bits per heavy atom. The number of amides is 2. The minimum Gasteiger partial charge on any atom is -0.491 e. The summed E-state index contributed by atoms with van der Waals surface area (Å²) >= 11 is 12.5. The zero-order valence-corrected chi connectivity index (χ0v) is 29.3. The summed E-state index contributed by atoms with van der Waals surface area (Å²) < 4.78 is 38.0. The van der Waals surface area contributed by atoms with Gasteiger partial charge in [0.25, 0.3) is 0 Å². The molecule has 2 fully saturated rings. The van der Waals surface area contributed by atoms with E-state index in [1.807, 2.05) is 6.07 Å². The molecule has 2 heterocycles. The van der Waals surface area contributed by atoms with Crippen molar-refractivity contribution in [2.75, 3.05) is 64.0 Å². The molecule has 46 heavy (non-hydrogen) atoms. The summed E-state index contributed by atoms with van der Waals surface area (Å²) in [5.74, 6) is 0.521. The van der Waals surface area contributed by atoms with E-state index in [1.165, 1.54) is 0 Å². The second kappa shape index (κ2) is 17.7. The SMILES string of the molecule is CCCCOCCOc1ccc(S(=O)(=O)C2CCN(CCCN(C(=O)C3CCN(C(C)=O)CC3)c3ccc(Cl)c(Cl)c3)CC2)cc1. The lowest BCUT2D eigenvalue weighted by Crippen LogP contribution is -2.45. The van der Waals surface area contributed by atoms with Crippen LogP contribution in [0.1, 0.15) is 58.8 Å². The number of hydrogen-bond donors (Lipinski definition) is 0. The first-order valence-electron chi connectivity index (χ1n) is 16.4. The van der Waals surface area contributed by atoms with Gasteiger partial charge in [0, 0.05) is 44.8 Å². The van der Waals surface area contributed by atoms with Crippen LogP contribution in [-0.4, -0.2) is 94.4 Å². The van der Waals surface area contributed by atoms with Gasteiger partial charge in [0.15, 0.2) is 9.84 Å². The zero-order chi connectivity index (χ0) is 33.1. The minimum absolute atomic E-state index is 0.0307. The van der Waals surface area contributed by atoms with E-state index in [9.17, 15) is 18.0 Å². The minimum atomic E-state index is -3.46. The van der Waals surface area contributed by atoms with Gasteiger partial charge in [0.1, 0.15) is 12.4 Å². The van der Waals surface area contributed by atoms with Crippen molar-refractivity contribution >= 4 is 50.5 Å². The third-order valence-electron chi connectivity index (χ3n) is 8.89. The Morgan fingerprint density at radius 1 is 0.891 bits per heavy atom. The number of anilines is 1. The molecule has 9 nitrogen and oxygen atoms in total. The van der Waals surface area contributed by atoms with Crippen LogP contribution >= 0.6 is 23.2 Å². The van der Waals surface area contributed by atoms with E-state index in [1.54, 1.807) is 53.1 Å². The van der Waals surface area contributed by atoms with Gasteiger partial charge in [-0.25, -0.2) is 8.42 Å². The number of hydrogen-bond acceptors (Lipinski definition) is 7. The number of carbonyl (C=O) groups excluding carboxylic acids is 2. The van der Waals surface area contributed by atoms with Crippen LogP contribution < -0.4 is 9.64 Å². The molecule has 4 rings (SSSR count). The molecule has 0 N–H and O–H groups in total. The predicted octanol–water partition coefficient (Wildman–Crippen LogP) is 6.11. The lowest BCUT2D eigenvalue weighted by Gasteiger charge is -2.35. The highest BCUT2D eigenvalue weighted by atomic mass is 35.5. The smallest absolute Gasteiger partial charge is 0.230 e. The van der Waals surface area contributed by atoms with E-state index in [2.05, 4.69) is 11.8 Å². The Morgan fingerprint density at radius 2 is 1.59 bits per heavy atom. The molecule has 2 amide bonds. The van der Waals surface area contributed by atoms with Crippen molar-refractivity contribution in [2.24, 2.45) is 5.92 Å². The molecule has 254 valence electrons. The summed E-state index contributed by atoms with van der Waals surface area (Å²) in [6.07, 6.45) is 5.20. The van der Waals surface area contributed by atoms with Crippen molar-refractivity contribution < 1.29 is 27.5 Å². The first-order valence-corrected chi connectivity index (χ1v) is 18.7. The van der Waals surface area contributed by atoms with Crippen molar-refractivity contribution in [2.45, 2.75) is 68.9 Å². The third kappa shape index (κ3) is 10.1. The quantitative estimate of drug-likeness (QED) is 0.208. The second-order valence-corrected chi connectivity index (χ2v) is 15.1. The molecule has 0 aliphatic carbocycles. The molecular formula is C34H47Cl2N3O6S. The van der Waals surface area contributed by atoms with E-state index >= 15 is 0 Å². The lowest BCUT2D eigenvalue weighted by atomic mass is 9.94. The molecule has 0 radical (unpaired) electrons. The Balaban J connectivity index is 1.27. The van der Waals surface area contributed by atoms with Gasteiger partial charge in [-0.05, 0) is 101 Å². The molecule has 2 saturated heterocycles. The number of piperidine rings is 2. The summed E-state index contributed by atoms with van der Waals surface area (Å²) in [4.78, 5) is 31.7. The maximum atomic E-state index is 13.7. The van der Waals surface area contributed by atoms with Gasteiger partial charge in [-0.1, -0.05) is 36.5 Å². The Kier molecular flexibility index (Phi) is 14.0. The number of unbranched alkanes of at least 4 members (excludes halogenated alkanes) is 1. The van der Waals surface area contributed by atoms with Crippen LogP contribution in [0.5, 0.6) is 5.75 Å². The highest BCUT2D eigenvalue weighted by molar-refractivity contribution is 7.92. The predicted molar refractivity (Wildman–Crippen MR) is 183 cm³/mol. The van der Waals surface area contributed by atoms with E-state index in [-0.39, 0.29) is 17.7 Å². The highest BCUT2D eigenvalue weighted by Gasteiger charge is 2.33. The van der Waals surface area contributed by atoms with Gasteiger partial charge >= 0.3 is 0 Å². The van der Waals surface area contributed by atoms with E-state index in [0.29, 0.717) is 98.0 Å².